The van der Waals surface area contributed by atoms with E-state index in [2.05, 4.69) is 17.9 Å². The molecule has 0 radical (unpaired) electrons. The topological polar surface area (TPSA) is 47.7 Å². The lowest BCUT2D eigenvalue weighted by Gasteiger charge is -2.20. The van der Waals surface area contributed by atoms with Gasteiger partial charge in [-0.3, -0.25) is 4.90 Å². The van der Waals surface area contributed by atoms with Crippen LogP contribution >= 0.6 is 0 Å². The monoisotopic (exact) mass is 366 g/mol. The largest absolute Gasteiger partial charge is 0.493 e. The second-order valence-electron chi connectivity index (χ2n) is 6.38. The van der Waals surface area contributed by atoms with Gasteiger partial charge in [-0.05, 0) is 43.3 Å². The van der Waals surface area contributed by atoms with Crippen molar-refractivity contribution in [2.24, 2.45) is 0 Å². The highest BCUT2D eigenvalue weighted by atomic mass is 16.5. The van der Waals surface area contributed by atoms with Crippen molar-refractivity contribution in [3.63, 3.8) is 0 Å². The van der Waals surface area contributed by atoms with Crippen molar-refractivity contribution < 1.29 is 13.9 Å². The van der Waals surface area contributed by atoms with Crippen molar-refractivity contribution in [3.8, 4) is 23.0 Å². The zero-order valence-electron chi connectivity index (χ0n) is 16.4. The zero-order chi connectivity index (χ0) is 19.2. The molecular formula is C22H26N2O3. The van der Waals surface area contributed by atoms with E-state index in [0.29, 0.717) is 5.89 Å². The molecule has 142 valence electrons. The first kappa shape index (κ1) is 19.0. The van der Waals surface area contributed by atoms with Crippen LogP contribution in [0.2, 0.25) is 0 Å². The number of methoxy groups -OCH3 is 2. The van der Waals surface area contributed by atoms with Gasteiger partial charge in [-0.2, -0.15) is 0 Å². The van der Waals surface area contributed by atoms with Gasteiger partial charge in [-0.1, -0.05) is 31.2 Å². The quantitative estimate of drug-likeness (QED) is 0.579. The van der Waals surface area contributed by atoms with E-state index in [1.165, 1.54) is 5.56 Å². The molecule has 0 amide bonds. The number of rotatable bonds is 8. The maximum absolute atomic E-state index is 5.89. The SMILES string of the molecule is CCN(Cc1ccc(OC)c(OC)c1)Cc1nc(-c2ccccc2)oc1C. The lowest BCUT2D eigenvalue weighted by atomic mass is 10.1. The third-order valence-corrected chi connectivity index (χ3v) is 4.59. The molecule has 0 aliphatic carbocycles. The number of aromatic nitrogens is 1. The molecule has 0 bridgehead atoms. The lowest BCUT2D eigenvalue weighted by molar-refractivity contribution is 0.266. The van der Waals surface area contributed by atoms with Crippen LogP contribution in [0.5, 0.6) is 11.5 Å². The molecule has 0 unspecified atom stereocenters. The van der Waals surface area contributed by atoms with Crippen molar-refractivity contribution in [1.82, 2.24) is 9.88 Å². The predicted molar refractivity (Wildman–Crippen MR) is 106 cm³/mol. The van der Waals surface area contributed by atoms with Gasteiger partial charge in [-0.15, -0.1) is 0 Å². The van der Waals surface area contributed by atoms with Crippen molar-refractivity contribution in [1.29, 1.82) is 0 Å². The zero-order valence-corrected chi connectivity index (χ0v) is 16.4. The van der Waals surface area contributed by atoms with Gasteiger partial charge in [0, 0.05) is 18.7 Å². The average Bonchev–Trinajstić information content (AvgIpc) is 3.08. The smallest absolute Gasteiger partial charge is 0.226 e. The van der Waals surface area contributed by atoms with Crippen LogP contribution < -0.4 is 9.47 Å². The normalized spacial score (nSPS) is 11.0. The van der Waals surface area contributed by atoms with Crippen LogP contribution in [0.4, 0.5) is 0 Å². The van der Waals surface area contributed by atoms with Crippen LogP contribution in [-0.2, 0) is 13.1 Å². The first-order chi connectivity index (χ1) is 13.1. The highest BCUT2D eigenvalue weighted by Gasteiger charge is 2.15. The summed E-state index contributed by atoms with van der Waals surface area (Å²) in [5.41, 5.74) is 3.13. The number of oxazole rings is 1. The molecule has 1 aromatic heterocycles. The summed E-state index contributed by atoms with van der Waals surface area (Å²) in [6, 6.07) is 16.0. The molecule has 3 aromatic rings. The first-order valence-corrected chi connectivity index (χ1v) is 9.09. The number of aryl methyl sites for hydroxylation is 1. The summed E-state index contributed by atoms with van der Waals surface area (Å²) in [6.45, 7) is 6.55. The van der Waals surface area contributed by atoms with Gasteiger partial charge in [-0.25, -0.2) is 4.98 Å². The van der Waals surface area contributed by atoms with E-state index in [-0.39, 0.29) is 0 Å². The Morgan fingerprint density at radius 3 is 2.37 bits per heavy atom. The number of nitrogens with zero attached hydrogens (tertiary/aromatic N) is 2. The van der Waals surface area contributed by atoms with Crippen LogP contribution in [0.15, 0.2) is 52.9 Å². The average molecular weight is 366 g/mol. The third kappa shape index (κ3) is 4.49. The van der Waals surface area contributed by atoms with E-state index in [4.69, 9.17) is 18.9 Å². The van der Waals surface area contributed by atoms with E-state index < -0.39 is 0 Å². The predicted octanol–water partition coefficient (Wildman–Crippen LogP) is 4.69. The second kappa shape index (κ2) is 8.73. The Hall–Kier alpha value is -2.79. The number of hydrogen-bond donors (Lipinski definition) is 0. The van der Waals surface area contributed by atoms with Crippen LogP contribution in [0.3, 0.4) is 0 Å². The second-order valence-corrected chi connectivity index (χ2v) is 6.38. The molecule has 0 fully saturated rings. The Balaban J connectivity index is 1.75. The fourth-order valence-corrected chi connectivity index (χ4v) is 3.01. The fraction of sp³-hybridized carbons (Fsp3) is 0.318. The maximum atomic E-state index is 5.89. The number of ether oxygens (including phenoxy) is 2. The number of benzene rings is 2. The molecule has 3 rings (SSSR count). The molecule has 0 N–H and O–H groups in total. The van der Waals surface area contributed by atoms with Crippen LogP contribution in [0.1, 0.15) is 23.9 Å². The highest BCUT2D eigenvalue weighted by molar-refractivity contribution is 5.53. The van der Waals surface area contributed by atoms with Gasteiger partial charge in [0.05, 0.1) is 19.9 Å². The summed E-state index contributed by atoms with van der Waals surface area (Å²) in [5, 5.41) is 0. The van der Waals surface area contributed by atoms with Gasteiger partial charge in [0.15, 0.2) is 11.5 Å². The summed E-state index contributed by atoms with van der Waals surface area (Å²) in [6.07, 6.45) is 0. The molecule has 5 heteroatoms. The molecular weight excluding hydrogens is 340 g/mol. The molecule has 0 saturated heterocycles. The maximum Gasteiger partial charge on any atom is 0.226 e. The summed E-state index contributed by atoms with van der Waals surface area (Å²) < 4.78 is 16.6. The summed E-state index contributed by atoms with van der Waals surface area (Å²) in [5.74, 6) is 3.02. The summed E-state index contributed by atoms with van der Waals surface area (Å²) in [4.78, 5) is 7.04. The Morgan fingerprint density at radius 2 is 1.70 bits per heavy atom. The minimum Gasteiger partial charge on any atom is -0.493 e. The van der Waals surface area contributed by atoms with Crippen LogP contribution in [-0.4, -0.2) is 30.6 Å². The van der Waals surface area contributed by atoms with Gasteiger partial charge >= 0.3 is 0 Å². The van der Waals surface area contributed by atoms with E-state index >= 15 is 0 Å². The van der Waals surface area contributed by atoms with Crippen molar-refractivity contribution in [2.75, 3.05) is 20.8 Å². The Bertz CT molecular complexity index is 875. The molecule has 0 aliphatic heterocycles. The Labute approximate surface area is 160 Å². The van der Waals surface area contributed by atoms with Gasteiger partial charge < -0.3 is 13.9 Å². The van der Waals surface area contributed by atoms with E-state index in [0.717, 1.165) is 48.2 Å². The van der Waals surface area contributed by atoms with Crippen LogP contribution in [0, 0.1) is 6.92 Å². The van der Waals surface area contributed by atoms with Gasteiger partial charge in [0.1, 0.15) is 5.76 Å². The van der Waals surface area contributed by atoms with Gasteiger partial charge in [0.25, 0.3) is 0 Å². The first-order valence-electron chi connectivity index (χ1n) is 9.09. The van der Waals surface area contributed by atoms with Crippen molar-refractivity contribution in [2.45, 2.75) is 26.9 Å². The molecule has 27 heavy (non-hydrogen) atoms. The van der Waals surface area contributed by atoms with Gasteiger partial charge in [0.2, 0.25) is 5.89 Å². The minimum absolute atomic E-state index is 0.672. The molecule has 0 spiro atoms. The van der Waals surface area contributed by atoms with E-state index in [1.807, 2.05) is 49.4 Å². The molecule has 5 nitrogen and oxygen atoms in total. The highest BCUT2D eigenvalue weighted by Crippen LogP contribution is 2.28. The molecule has 2 aromatic carbocycles. The molecule has 0 saturated carbocycles. The van der Waals surface area contributed by atoms with Crippen molar-refractivity contribution in [3.05, 3.63) is 65.5 Å². The summed E-state index contributed by atoms with van der Waals surface area (Å²) in [7, 11) is 3.30. The molecule has 1 heterocycles. The Kier molecular flexibility index (Phi) is 6.14. The van der Waals surface area contributed by atoms with Crippen molar-refractivity contribution >= 4 is 0 Å². The third-order valence-electron chi connectivity index (χ3n) is 4.59. The molecule has 0 atom stereocenters. The van der Waals surface area contributed by atoms with E-state index in [9.17, 15) is 0 Å². The Morgan fingerprint density at radius 1 is 0.963 bits per heavy atom. The standard InChI is InChI=1S/C22H26N2O3/c1-5-24(14-17-11-12-20(25-3)21(13-17)26-4)15-19-16(2)27-22(23-19)18-9-7-6-8-10-18/h6-13H,5,14-15H2,1-4H3. The fourth-order valence-electron chi connectivity index (χ4n) is 3.01. The van der Waals surface area contributed by atoms with E-state index in [1.54, 1.807) is 14.2 Å². The van der Waals surface area contributed by atoms with Crippen LogP contribution in [0.25, 0.3) is 11.5 Å². The minimum atomic E-state index is 0.672. The lowest BCUT2D eigenvalue weighted by Crippen LogP contribution is -2.23. The number of hydrogen-bond acceptors (Lipinski definition) is 5. The molecule has 0 aliphatic rings. The summed E-state index contributed by atoms with van der Waals surface area (Å²) >= 11 is 0.